The molecule has 1 aliphatic rings. The summed E-state index contributed by atoms with van der Waals surface area (Å²) < 4.78 is 33.7. The predicted molar refractivity (Wildman–Crippen MR) is 112 cm³/mol. The van der Waals surface area contributed by atoms with Crippen molar-refractivity contribution < 1.29 is 17.9 Å². The highest BCUT2D eigenvalue weighted by Crippen LogP contribution is 2.19. The first kappa shape index (κ1) is 21.3. The van der Waals surface area contributed by atoms with Gasteiger partial charge in [0.05, 0.1) is 13.7 Å². The molecule has 0 spiro atoms. The van der Waals surface area contributed by atoms with Gasteiger partial charge in [-0.1, -0.05) is 42.0 Å². The zero-order valence-corrected chi connectivity index (χ0v) is 17.6. The SMILES string of the molecule is COc1cccc(CNC(=O)CN2CCCN(Cc3ccc(C)cc3)S2(=O)=O)c1. The molecule has 2 aromatic rings. The highest BCUT2D eigenvalue weighted by atomic mass is 32.2. The van der Waals surface area contributed by atoms with Crippen molar-refractivity contribution in [2.75, 3.05) is 26.7 Å². The van der Waals surface area contributed by atoms with Crippen molar-refractivity contribution in [1.82, 2.24) is 13.9 Å². The van der Waals surface area contributed by atoms with E-state index in [-0.39, 0.29) is 12.5 Å². The maximum Gasteiger partial charge on any atom is 0.282 e. The highest BCUT2D eigenvalue weighted by molar-refractivity contribution is 7.86. The molecule has 0 radical (unpaired) electrons. The van der Waals surface area contributed by atoms with Crippen molar-refractivity contribution in [3.05, 3.63) is 65.2 Å². The lowest BCUT2D eigenvalue weighted by atomic mass is 10.1. The van der Waals surface area contributed by atoms with E-state index in [2.05, 4.69) is 5.32 Å². The fourth-order valence-electron chi connectivity index (χ4n) is 3.23. The monoisotopic (exact) mass is 417 g/mol. The van der Waals surface area contributed by atoms with Gasteiger partial charge in [0.25, 0.3) is 10.2 Å². The molecular formula is C21H27N3O4S. The van der Waals surface area contributed by atoms with E-state index in [1.54, 1.807) is 7.11 Å². The number of aryl methyl sites for hydroxylation is 1. The Bertz CT molecular complexity index is 945. The number of methoxy groups -OCH3 is 1. The van der Waals surface area contributed by atoms with Gasteiger partial charge in [-0.15, -0.1) is 0 Å². The van der Waals surface area contributed by atoms with Gasteiger partial charge in [-0.2, -0.15) is 17.0 Å². The number of carbonyl (C=O) groups is 1. The molecular weight excluding hydrogens is 390 g/mol. The number of nitrogens with zero attached hydrogens (tertiary/aromatic N) is 2. The minimum absolute atomic E-state index is 0.184. The van der Waals surface area contributed by atoms with E-state index in [0.29, 0.717) is 38.3 Å². The molecule has 8 heteroatoms. The van der Waals surface area contributed by atoms with Gasteiger partial charge in [0.15, 0.2) is 0 Å². The molecule has 1 aliphatic heterocycles. The first-order valence-corrected chi connectivity index (χ1v) is 11.0. The summed E-state index contributed by atoms with van der Waals surface area (Å²) in [6.45, 7) is 3.24. The van der Waals surface area contributed by atoms with E-state index >= 15 is 0 Å². The van der Waals surface area contributed by atoms with Crippen LogP contribution in [0.1, 0.15) is 23.1 Å². The minimum atomic E-state index is -3.68. The second-order valence-electron chi connectivity index (χ2n) is 7.14. The van der Waals surface area contributed by atoms with Gasteiger partial charge < -0.3 is 10.1 Å². The van der Waals surface area contributed by atoms with E-state index in [1.165, 1.54) is 8.61 Å². The van der Waals surface area contributed by atoms with Gasteiger partial charge >= 0.3 is 0 Å². The third-order valence-corrected chi connectivity index (χ3v) is 6.82. The number of hydrogen-bond acceptors (Lipinski definition) is 4. The zero-order chi connectivity index (χ0) is 20.9. The molecule has 1 saturated heterocycles. The highest BCUT2D eigenvalue weighted by Gasteiger charge is 2.34. The zero-order valence-electron chi connectivity index (χ0n) is 16.8. The average molecular weight is 418 g/mol. The molecule has 0 aromatic heterocycles. The van der Waals surface area contributed by atoms with Crippen LogP contribution in [0.4, 0.5) is 0 Å². The summed E-state index contributed by atoms with van der Waals surface area (Å²) in [5.41, 5.74) is 2.95. The third kappa shape index (κ3) is 5.56. The maximum absolute atomic E-state index is 12.9. The Morgan fingerprint density at radius 3 is 2.52 bits per heavy atom. The Morgan fingerprint density at radius 2 is 1.79 bits per heavy atom. The normalized spacial score (nSPS) is 17.0. The van der Waals surface area contributed by atoms with Gasteiger partial charge in [-0.25, -0.2) is 0 Å². The molecule has 1 heterocycles. The summed E-state index contributed by atoms with van der Waals surface area (Å²) in [5.74, 6) is 0.385. The minimum Gasteiger partial charge on any atom is -0.497 e. The Labute approximate surface area is 172 Å². The fourth-order valence-corrected chi connectivity index (χ4v) is 4.87. The largest absolute Gasteiger partial charge is 0.497 e. The van der Waals surface area contributed by atoms with Gasteiger partial charge in [0.2, 0.25) is 5.91 Å². The van der Waals surface area contributed by atoms with Crippen LogP contribution in [0.25, 0.3) is 0 Å². The molecule has 2 aromatic carbocycles. The van der Waals surface area contributed by atoms with E-state index in [1.807, 2.05) is 55.5 Å². The lowest BCUT2D eigenvalue weighted by molar-refractivity contribution is -0.121. The lowest BCUT2D eigenvalue weighted by Gasteiger charge is -2.34. The molecule has 156 valence electrons. The van der Waals surface area contributed by atoms with Crippen molar-refractivity contribution >= 4 is 16.1 Å². The van der Waals surface area contributed by atoms with Crippen molar-refractivity contribution in [3.8, 4) is 5.75 Å². The van der Waals surface area contributed by atoms with Crippen LogP contribution in [0.2, 0.25) is 0 Å². The van der Waals surface area contributed by atoms with Crippen molar-refractivity contribution in [1.29, 1.82) is 0 Å². The second-order valence-corrected chi connectivity index (χ2v) is 9.07. The number of carbonyl (C=O) groups excluding carboxylic acids is 1. The van der Waals surface area contributed by atoms with Gasteiger partial charge in [0, 0.05) is 26.2 Å². The molecule has 0 bridgehead atoms. The number of ether oxygens (including phenoxy) is 1. The van der Waals surface area contributed by atoms with E-state index in [0.717, 1.165) is 16.7 Å². The predicted octanol–water partition coefficient (Wildman–Crippen LogP) is 2.07. The topological polar surface area (TPSA) is 79.0 Å². The van der Waals surface area contributed by atoms with Crippen molar-refractivity contribution in [2.24, 2.45) is 0 Å². The molecule has 1 N–H and O–H groups in total. The second kappa shape index (κ2) is 9.39. The van der Waals surface area contributed by atoms with Crippen LogP contribution >= 0.6 is 0 Å². The van der Waals surface area contributed by atoms with Gasteiger partial charge in [-0.05, 0) is 36.6 Å². The maximum atomic E-state index is 12.9. The van der Waals surface area contributed by atoms with Crippen LogP contribution < -0.4 is 10.1 Å². The molecule has 0 aliphatic carbocycles. The van der Waals surface area contributed by atoms with Crippen LogP contribution in [0.3, 0.4) is 0 Å². The standard InChI is InChI=1S/C21H27N3O4S/c1-17-7-9-18(10-8-17)15-23-11-4-12-24(29(23,26)27)16-21(25)22-14-19-5-3-6-20(13-19)28-2/h3,5-10,13H,4,11-12,14-16H2,1-2H3,(H,22,25). The van der Waals surface area contributed by atoms with Crippen LogP contribution in [-0.4, -0.2) is 49.7 Å². The third-order valence-electron chi connectivity index (χ3n) is 4.89. The molecule has 0 atom stereocenters. The molecule has 3 rings (SSSR count). The summed E-state index contributed by atoms with van der Waals surface area (Å²) in [5, 5.41) is 2.79. The molecule has 29 heavy (non-hydrogen) atoms. The van der Waals surface area contributed by atoms with Crippen molar-refractivity contribution in [3.63, 3.8) is 0 Å². The Hall–Kier alpha value is -2.42. The van der Waals surface area contributed by atoms with E-state index in [9.17, 15) is 13.2 Å². The molecule has 0 saturated carbocycles. The number of hydrogen-bond donors (Lipinski definition) is 1. The number of amides is 1. The number of rotatable bonds is 7. The molecule has 0 unspecified atom stereocenters. The summed E-state index contributed by atoms with van der Waals surface area (Å²) in [4.78, 5) is 12.4. The Kier molecular flexibility index (Phi) is 6.89. The first-order valence-electron chi connectivity index (χ1n) is 9.59. The Morgan fingerprint density at radius 1 is 1.07 bits per heavy atom. The lowest BCUT2D eigenvalue weighted by Crippen LogP contribution is -2.52. The summed E-state index contributed by atoms with van der Waals surface area (Å²) in [7, 11) is -2.09. The van der Waals surface area contributed by atoms with Crippen molar-refractivity contribution in [2.45, 2.75) is 26.4 Å². The fraction of sp³-hybridized carbons (Fsp3) is 0.381. The average Bonchev–Trinajstić information content (AvgIpc) is 2.71. The smallest absolute Gasteiger partial charge is 0.282 e. The number of nitrogens with one attached hydrogen (secondary N) is 1. The van der Waals surface area contributed by atoms with Crippen LogP contribution in [0.15, 0.2) is 48.5 Å². The Balaban J connectivity index is 1.59. The molecule has 1 amide bonds. The molecule has 7 nitrogen and oxygen atoms in total. The summed E-state index contributed by atoms with van der Waals surface area (Å²) in [6.07, 6.45) is 0.689. The van der Waals surface area contributed by atoms with Crippen LogP contribution in [0, 0.1) is 6.92 Å². The van der Waals surface area contributed by atoms with E-state index < -0.39 is 10.2 Å². The number of benzene rings is 2. The van der Waals surface area contributed by atoms with Crippen LogP contribution in [0.5, 0.6) is 5.75 Å². The quantitative estimate of drug-likeness (QED) is 0.748. The van der Waals surface area contributed by atoms with Gasteiger partial charge in [0.1, 0.15) is 5.75 Å². The summed E-state index contributed by atoms with van der Waals surface area (Å²) in [6, 6.07) is 15.2. The molecule has 1 fully saturated rings. The summed E-state index contributed by atoms with van der Waals surface area (Å²) >= 11 is 0. The van der Waals surface area contributed by atoms with Gasteiger partial charge in [-0.3, -0.25) is 4.79 Å². The first-order chi connectivity index (χ1) is 13.9. The van der Waals surface area contributed by atoms with Crippen LogP contribution in [-0.2, 0) is 28.1 Å². The van der Waals surface area contributed by atoms with E-state index in [4.69, 9.17) is 4.74 Å².